The number of benzene rings is 2. The maximum absolute atomic E-state index is 12.9. The number of carbonyl (C=O) groups excluding carboxylic acids is 2. The monoisotopic (exact) mass is 514 g/mol. The summed E-state index contributed by atoms with van der Waals surface area (Å²) in [6, 6.07) is 13.3. The number of carboxylic acid groups (broad SMARTS) is 1. The number of rotatable bonds is 11. The van der Waals surface area contributed by atoms with Crippen LogP contribution in [-0.4, -0.2) is 58.4 Å². The normalized spacial score (nSPS) is 15.3. The first kappa shape index (κ1) is 26.2. The fourth-order valence-electron chi connectivity index (χ4n) is 3.42. The lowest BCUT2D eigenvalue weighted by molar-refractivity contribution is -0.141. The molecule has 1 unspecified atom stereocenters. The summed E-state index contributed by atoms with van der Waals surface area (Å²) in [6.45, 7) is 2.43. The smallest absolute Gasteiger partial charge is 0.326 e. The number of nitrogens with zero attached hydrogens (tertiary/aromatic N) is 1. The molecule has 0 aromatic heterocycles. The van der Waals surface area contributed by atoms with Crippen LogP contribution in [0.1, 0.15) is 24.5 Å². The van der Waals surface area contributed by atoms with Gasteiger partial charge in [-0.15, -0.1) is 0 Å². The highest BCUT2D eigenvalue weighted by Crippen LogP contribution is 2.34. The van der Waals surface area contributed by atoms with Gasteiger partial charge in [0.15, 0.2) is 11.5 Å². The van der Waals surface area contributed by atoms with Crippen LogP contribution in [0, 0.1) is 0 Å². The van der Waals surface area contributed by atoms with Crippen molar-refractivity contribution in [1.29, 1.82) is 0 Å². The summed E-state index contributed by atoms with van der Waals surface area (Å²) in [5.41, 5.74) is 1.54. The molecule has 0 spiro atoms. The molecule has 0 aliphatic carbocycles. The van der Waals surface area contributed by atoms with Crippen molar-refractivity contribution < 1.29 is 29.0 Å². The van der Waals surface area contributed by atoms with Gasteiger partial charge in [0.2, 0.25) is 5.91 Å². The van der Waals surface area contributed by atoms with Crippen LogP contribution in [0.2, 0.25) is 0 Å². The number of methoxy groups -OCH3 is 1. The second kappa shape index (κ2) is 12.4. The third kappa shape index (κ3) is 7.06. The van der Waals surface area contributed by atoms with Crippen molar-refractivity contribution in [2.24, 2.45) is 0 Å². The number of carbonyl (C=O) groups is 3. The summed E-state index contributed by atoms with van der Waals surface area (Å²) in [6.07, 6.45) is 1.80. The molecule has 8 nitrogen and oxygen atoms in total. The first-order chi connectivity index (χ1) is 16.8. The number of nitrogens with one attached hydrogen (secondary N) is 1. The molecule has 184 valence electrons. The molecule has 1 heterocycles. The Kier molecular flexibility index (Phi) is 9.27. The minimum atomic E-state index is -1.12. The zero-order chi connectivity index (χ0) is 25.4. The zero-order valence-electron chi connectivity index (χ0n) is 19.4. The lowest BCUT2D eigenvalue weighted by atomic mass is 10.1. The molecule has 0 bridgehead atoms. The Bertz CT molecular complexity index is 1140. The van der Waals surface area contributed by atoms with Gasteiger partial charge in [-0.2, -0.15) is 0 Å². The SMILES string of the molecule is CCOc1ccc(C=C2SC(=S)N(CCC(=O)NC(Cc3ccccc3)C(=O)O)C2=O)cc1OC. The van der Waals surface area contributed by atoms with Gasteiger partial charge >= 0.3 is 5.97 Å². The van der Waals surface area contributed by atoms with Gasteiger partial charge in [-0.1, -0.05) is 60.4 Å². The van der Waals surface area contributed by atoms with Crippen LogP contribution in [0.3, 0.4) is 0 Å². The third-order valence-corrected chi connectivity index (χ3v) is 6.52. The average Bonchev–Trinajstić information content (AvgIpc) is 3.10. The van der Waals surface area contributed by atoms with Gasteiger partial charge in [-0.05, 0) is 36.3 Å². The van der Waals surface area contributed by atoms with Crippen LogP contribution in [-0.2, 0) is 20.8 Å². The molecule has 0 saturated carbocycles. The van der Waals surface area contributed by atoms with Crippen molar-refractivity contribution in [3.8, 4) is 11.5 Å². The molecule has 2 aromatic rings. The predicted molar refractivity (Wildman–Crippen MR) is 138 cm³/mol. The Hall–Kier alpha value is -3.37. The lowest BCUT2D eigenvalue weighted by Gasteiger charge is -2.17. The Morgan fingerprint density at radius 1 is 1.20 bits per heavy atom. The number of aliphatic carboxylic acids is 1. The van der Waals surface area contributed by atoms with Gasteiger partial charge in [0.25, 0.3) is 5.91 Å². The number of thiocarbonyl (C=S) groups is 1. The molecule has 10 heteroatoms. The molecule has 35 heavy (non-hydrogen) atoms. The van der Waals surface area contributed by atoms with Crippen LogP contribution < -0.4 is 14.8 Å². The summed E-state index contributed by atoms with van der Waals surface area (Å²) in [7, 11) is 1.54. The van der Waals surface area contributed by atoms with Gasteiger partial charge in [-0.25, -0.2) is 4.79 Å². The maximum atomic E-state index is 12.9. The number of carboxylic acids is 1. The van der Waals surface area contributed by atoms with Gasteiger partial charge in [0.1, 0.15) is 10.4 Å². The molecule has 2 amide bonds. The highest BCUT2D eigenvalue weighted by molar-refractivity contribution is 8.26. The average molecular weight is 515 g/mol. The van der Waals surface area contributed by atoms with Crippen molar-refractivity contribution in [1.82, 2.24) is 10.2 Å². The largest absolute Gasteiger partial charge is 0.493 e. The van der Waals surface area contributed by atoms with E-state index in [1.54, 1.807) is 37.5 Å². The van der Waals surface area contributed by atoms with Crippen molar-refractivity contribution in [2.45, 2.75) is 25.8 Å². The van der Waals surface area contributed by atoms with E-state index in [0.717, 1.165) is 22.9 Å². The van der Waals surface area contributed by atoms with E-state index in [1.165, 1.54) is 4.90 Å². The summed E-state index contributed by atoms with van der Waals surface area (Å²) in [5, 5.41) is 12.0. The number of hydrogen-bond acceptors (Lipinski definition) is 7. The van der Waals surface area contributed by atoms with Crippen molar-refractivity contribution in [3.05, 3.63) is 64.6 Å². The van der Waals surface area contributed by atoms with E-state index in [1.807, 2.05) is 31.2 Å². The molecule has 1 aliphatic rings. The van der Waals surface area contributed by atoms with E-state index in [4.69, 9.17) is 21.7 Å². The second-order valence-electron chi connectivity index (χ2n) is 7.57. The molecular formula is C25H26N2O6S2. The highest BCUT2D eigenvalue weighted by Gasteiger charge is 2.32. The molecule has 2 aromatic carbocycles. The van der Waals surface area contributed by atoms with Crippen LogP contribution in [0.25, 0.3) is 6.08 Å². The number of thioether (sulfide) groups is 1. The van der Waals surface area contributed by atoms with E-state index < -0.39 is 17.9 Å². The predicted octanol–water partition coefficient (Wildman–Crippen LogP) is 3.50. The first-order valence-electron chi connectivity index (χ1n) is 10.9. The van der Waals surface area contributed by atoms with Crippen molar-refractivity contribution in [3.63, 3.8) is 0 Å². The molecular weight excluding hydrogens is 488 g/mol. The number of hydrogen-bond donors (Lipinski definition) is 2. The Morgan fingerprint density at radius 3 is 2.60 bits per heavy atom. The van der Waals surface area contributed by atoms with E-state index in [9.17, 15) is 19.5 Å². The standard InChI is InChI=1S/C25H26N2O6S2/c1-3-33-19-10-9-17(14-20(19)32-2)15-21-23(29)27(25(34)35-21)12-11-22(28)26-18(24(30)31)13-16-7-5-4-6-8-16/h4-10,14-15,18H,3,11-13H2,1-2H3,(H,26,28)(H,30,31). The van der Waals surface area contributed by atoms with Gasteiger partial charge < -0.3 is 19.9 Å². The van der Waals surface area contributed by atoms with Crippen LogP contribution in [0.4, 0.5) is 0 Å². The summed E-state index contributed by atoms with van der Waals surface area (Å²) >= 11 is 6.49. The Labute approximate surface area is 213 Å². The molecule has 3 rings (SSSR count). The van der Waals surface area contributed by atoms with Gasteiger partial charge in [0, 0.05) is 19.4 Å². The van der Waals surface area contributed by atoms with Crippen LogP contribution >= 0.6 is 24.0 Å². The third-order valence-electron chi connectivity index (χ3n) is 5.14. The summed E-state index contributed by atoms with van der Waals surface area (Å²) in [5.74, 6) is -0.738. The first-order valence-corrected chi connectivity index (χ1v) is 12.2. The number of ether oxygens (including phenoxy) is 2. The Morgan fingerprint density at radius 2 is 1.94 bits per heavy atom. The zero-order valence-corrected chi connectivity index (χ0v) is 21.0. The van der Waals surface area contributed by atoms with Crippen molar-refractivity contribution in [2.75, 3.05) is 20.3 Å². The molecule has 0 radical (unpaired) electrons. The van der Waals surface area contributed by atoms with Crippen LogP contribution in [0.5, 0.6) is 11.5 Å². The van der Waals surface area contributed by atoms with E-state index in [2.05, 4.69) is 5.32 Å². The quantitative estimate of drug-likeness (QED) is 0.347. The fourth-order valence-corrected chi connectivity index (χ4v) is 4.73. The number of amides is 2. The topological polar surface area (TPSA) is 105 Å². The maximum Gasteiger partial charge on any atom is 0.326 e. The molecule has 1 atom stereocenters. The van der Waals surface area contributed by atoms with Gasteiger partial charge in [-0.3, -0.25) is 14.5 Å². The Balaban J connectivity index is 1.61. The highest BCUT2D eigenvalue weighted by atomic mass is 32.2. The second-order valence-corrected chi connectivity index (χ2v) is 9.25. The summed E-state index contributed by atoms with van der Waals surface area (Å²) < 4.78 is 11.2. The van der Waals surface area contributed by atoms with E-state index in [0.29, 0.717) is 27.3 Å². The van der Waals surface area contributed by atoms with Gasteiger partial charge in [0.05, 0.1) is 18.6 Å². The van der Waals surface area contributed by atoms with Crippen molar-refractivity contribution >= 4 is 52.2 Å². The lowest BCUT2D eigenvalue weighted by Crippen LogP contribution is -2.43. The molecule has 1 saturated heterocycles. The van der Waals surface area contributed by atoms with E-state index >= 15 is 0 Å². The fraction of sp³-hybridized carbons (Fsp3) is 0.280. The minimum Gasteiger partial charge on any atom is -0.493 e. The molecule has 2 N–H and O–H groups in total. The summed E-state index contributed by atoms with van der Waals surface area (Å²) in [4.78, 5) is 38.7. The van der Waals surface area contributed by atoms with Crippen LogP contribution in [0.15, 0.2) is 53.4 Å². The minimum absolute atomic E-state index is 0.0537. The molecule has 1 aliphatic heterocycles. The molecule has 1 fully saturated rings. The van der Waals surface area contributed by atoms with E-state index in [-0.39, 0.29) is 25.3 Å².